The highest BCUT2D eigenvalue weighted by Crippen LogP contribution is 2.16. The first-order valence-corrected chi connectivity index (χ1v) is 7.02. The van der Waals surface area contributed by atoms with Gasteiger partial charge >= 0.3 is 5.69 Å². The quantitative estimate of drug-likeness (QED) is 0.750. The summed E-state index contributed by atoms with van der Waals surface area (Å²) in [6.45, 7) is 7.80. The van der Waals surface area contributed by atoms with Gasteiger partial charge in [-0.25, -0.2) is 4.79 Å². The lowest BCUT2D eigenvalue weighted by atomic mass is 10.2. The largest absolute Gasteiger partial charge is 0.379 e. The summed E-state index contributed by atoms with van der Waals surface area (Å²) in [6.07, 6.45) is 0. The van der Waals surface area contributed by atoms with Crippen LogP contribution in [0.5, 0.6) is 0 Å². The van der Waals surface area contributed by atoms with Gasteiger partial charge in [-0.15, -0.1) is 0 Å². The molecule has 7 heteroatoms. The van der Waals surface area contributed by atoms with E-state index in [2.05, 4.69) is 26.7 Å². The first kappa shape index (κ1) is 13.5. The minimum Gasteiger partial charge on any atom is -0.379 e. The maximum absolute atomic E-state index is 11.7. The molecule has 1 saturated heterocycles. The molecule has 0 aromatic carbocycles. The number of nitrogens with zero attached hydrogens (tertiary/aromatic N) is 2. The van der Waals surface area contributed by atoms with Crippen LogP contribution in [0, 0.1) is 0 Å². The van der Waals surface area contributed by atoms with Gasteiger partial charge in [-0.05, 0) is 6.92 Å². The van der Waals surface area contributed by atoms with Crippen LogP contribution in [0.25, 0.3) is 0 Å². The molecule has 1 atom stereocenters. The van der Waals surface area contributed by atoms with Crippen LogP contribution < -0.4 is 11.2 Å². The molecule has 2 N–H and O–H groups in total. The van der Waals surface area contributed by atoms with Crippen LogP contribution in [0.15, 0.2) is 9.59 Å². The molecule has 2 aliphatic heterocycles. The van der Waals surface area contributed by atoms with Crippen LogP contribution in [-0.2, 0) is 17.8 Å². The summed E-state index contributed by atoms with van der Waals surface area (Å²) in [5, 5.41) is 0. The van der Waals surface area contributed by atoms with Gasteiger partial charge in [-0.1, -0.05) is 0 Å². The van der Waals surface area contributed by atoms with Gasteiger partial charge in [0.15, 0.2) is 0 Å². The van der Waals surface area contributed by atoms with E-state index < -0.39 is 5.69 Å². The number of H-pyrrole nitrogens is 2. The van der Waals surface area contributed by atoms with E-state index in [1.165, 1.54) is 0 Å². The molecule has 1 fully saturated rings. The molecule has 0 radical (unpaired) electrons. The number of aromatic amines is 2. The third kappa shape index (κ3) is 2.70. The van der Waals surface area contributed by atoms with Gasteiger partial charge in [0.2, 0.25) is 0 Å². The highest BCUT2D eigenvalue weighted by Gasteiger charge is 2.24. The molecule has 0 bridgehead atoms. The van der Waals surface area contributed by atoms with Crippen LogP contribution in [0.1, 0.15) is 18.2 Å². The molecular weight excluding hydrogens is 260 g/mol. The number of fused-ring (bicyclic) bond motifs is 1. The number of morpholine rings is 1. The summed E-state index contributed by atoms with van der Waals surface area (Å²) in [5.74, 6) is 0. The lowest BCUT2D eigenvalue weighted by Gasteiger charge is -2.34. The average molecular weight is 280 g/mol. The molecule has 3 rings (SSSR count). The number of nitrogens with one attached hydrogen (secondary N) is 2. The Bertz CT molecular complexity index is 594. The summed E-state index contributed by atoms with van der Waals surface area (Å²) in [6, 6.07) is 0.442. The Morgan fingerprint density at radius 2 is 2.10 bits per heavy atom. The Labute approximate surface area is 116 Å². The predicted octanol–water partition coefficient (Wildman–Crippen LogP) is -0.900. The Morgan fingerprint density at radius 1 is 1.25 bits per heavy atom. The van der Waals surface area contributed by atoms with Crippen molar-refractivity contribution in [3.8, 4) is 0 Å². The second kappa shape index (κ2) is 5.51. The second-order valence-electron chi connectivity index (χ2n) is 5.54. The van der Waals surface area contributed by atoms with Crippen molar-refractivity contribution < 1.29 is 4.74 Å². The fraction of sp³-hybridized carbons (Fsp3) is 0.692. The summed E-state index contributed by atoms with van der Waals surface area (Å²) >= 11 is 0. The van der Waals surface area contributed by atoms with Crippen LogP contribution in [0.2, 0.25) is 0 Å². The van der Waals surface area contributed by atoms with Gasteiger partial charge in [-0.3, -0.25) is 19.6 Å². The summed E-state index contributed by atoms with van der Waals surface area (Å²) < 4.78 is 5.42. The smallest absolute Gasteiger partial charge is 0.325 e. The fourth-order valence-electron chi connectivity index (χ4n) is 2.89. The summed E-state index contributed by atoms with van der Waals surface area (Å²) in [5.41, 5.74) is 0.775. The van der Waals surface area contributed by atoms with Gasteiger partial charge in [0, 0.05) is 44.5 Å². The van der Waals surface area contributed by atoms with Crippen molar-refractivity contribution in [2.45, 2.75) is 26.1 Å². The van der Waals surface area contributed by atoms with Gasteiger partial charge in [0.25, 0.3) is 5.56 Å². The molecule has 1 aromatic heterocycles. The number of ether oxygens (including phenoxy) is 1. The molecule has 1 aromatic rings. The summed E-state index contributed by atoms with van der Waals surface area (Å²) in [7, 11) is 0. The standard InChI is InChI=1S/C13H20N4O3/c1-9-8-20-5-4-17(9)3-2-16-6-10-11(7-16)14-13(19)15-12(10)18/h9H,2-8H2,1H3,(H2,14,15,18,19). The molecule has 3 heterocycles. The Kier molecular flexibility index (Phi) is 3.73. The van der Waals surface area contributed by atoms with E-state index in [1.54, 1.807) is 0 Å². The third-order valence-electron chi connectivity index (χ3n) is 4.10. The van der Waals surface area contributed by atoms with Gasteiger partial charge in [0.05, 0.1) is 18.8 Å². The second-order valence-corrected chi connectivity index (χ2v) is 5.54. The van der Waals surface area contributed by atoms with Crippen LogP contribution in [0.4, 0.5) is 0 Å². The highest BCUT2D eigenvalue weighted by molar-refractivity contribution is 5.20. The van der Waals surface area contributed by atoms with Crippen LogP contribution in [-0.4, -0.2) is 58.7 Å². The third-order valence-corrected chi connectivity index (χ3v) is 4.10. The monoisotopic (exact) mass is 280 g/mol. The van der Waals surface area contributed by atoms with E-state index in [0.717, 1.165) is 38.5 Å². The van der Waals surface area contributed by atoms with Crippen molar-refractivity contribution in [1.82, 2.24) is 19.8 Å². The predicted molar refractivity (Wildman–Crippen MR) is 73.7 cm³/mol. The Morgan fingerprint density at radius 3 is 2.90 bits per heavy atom. The van der Waals surface area contributed by atoms with Gasteiger partial charge < -0.3 is 9.72 Å². The molecule has 2 aliphatic rings. The number of aromatic nitrogens is 2. The molecule has 110 valence electrons. The van der Waals surface area contributed by atoms with Crippen molar-refractivity contribution in [2.24, 2.45) is 0 Å². The number of hydrogen-bond acceptors (Lipinski definition) is 5. The SMILES string of the molecule is CC1COCCN1CCN1Cc2[nH]c(=O)[nH]c(=O)c2C1. The molecule has 0 aliphatic carbocycles. The molecule has 7 nitrogen and oxygen atoms in total. The minimum absolute atomic E-state index is 0.258. The van der Waals surface area contributed by atoms with E-state index in [-0.39, 0.29) is 5.56 Å². The number of hydrogen-bond donors (Lipinski definition) is 2. The fourth-order valence-corrected chi connectivity index (χ4v) is 2.89. The van der Waals surface area contributed by atoms with Crippen molar-refractivity contribution in [3.05, 3.63) is 32.1 Å². The van der Waals surface area contributed by atoms with Crippen LogP contribution in [0.3, 0.4) is 0 Å². The van der Waals surface area contributed by atoms with Crippen molar-refractivity contribution in [2.75, 3.05) is 32.8 Å². The summed E-state index contributed by atoms with van der Waals surface area (Å²) in [4.78, 5) is 32.6. The maximum atomic E-state index is 11.7. The van der Waals surface area contributed by atoms with Gasteiger partial charge in [0.1, 0.15) is 0 Å². The highest BCUT2D eigenvalue weighted by atomic mass is 16.5. The zero-order valence-electron chi connectivity index (χ0n) is 11.6. The van der Waals surface area contributed by atoms with E-state index in [4.69, 9.17) is 4.74 Å². The zero-order chi connectivity index (χ0) is 14.1. The van der Waals surface area contributed by atoms with E-state index >= 15 is 0 Å². The molecular formula is C13H20N4O3. The lowest BCUT2D eigenvalue weighted by Crippen LogP contribution is -2.46. The molecule has 1 unspecified atom stereocenters. The van der Waals surface area contributed by atoms with E-state index in [9.17, 15) is 9.59 Å². The Hall–Kier alpha value is -1.44. The lowest BCUT2D eigenvalue weighted by molar-refractivity contribution is -0.00420. The molecule has 0 amide bonds. The normalized spacial score (nSPS) is 23.9. The first-order chi connectivity index (χ1) is 9.63. The first-order valence-electron chi connectivity index (χ1n) is 7.02. The van der Waals surface area contributed by atoms with E-state index in [1.807, 2.05) is 0 Å². The minimum atomic E-state index is -0.419. The average Bonchev–Trinajstić information content (AvgIpc) is 2.81. The topological polar surface area (TPSA) is 81.4 Å². The van der Waals surface area contributed by atoms with Crippen molar-refractivity contribution in [3.63, 3.8) is 0 Å². The van der Waals surface area contributed by atoms with Crippen molar-refractivity contribution in [1.29, 1.82) is 0 Å². The number of rotatable bonds is 3. The van der Waals surface area contributed by atoms with Gasteiger partial charge in [-0.2, -0.15) is 0 Å². The molecule has 0 saturated carbocycles. The molecule has 0 spiro atoms. The van der Waals surface area contributed by atoms with E-state index in [0.29, 0.717) is 24.7 Å². The van der Waals surface area contributed by atoms with Crippen molar-refractivity contribution >= 4 is 0 Å². The maximum Gasteiger partial charge on any atom is 0.325 e. The van der Waals surface area contributed by atoms with Crippen LogP contribution >= 0.6 is 0 Å². The molecule has 20 heavy (non-hydrogen) atoms. The zero-order valence-corrected chi connectivity index (χ0v) is 11.6. The Balaban J connectivity index is 1.60.